The molecule has 0 N–H and O–H groups in total. The highest BCUT2D eigenvalue weighted by Gasteiger charge is 2.21. The molecule has 1 heterocycles. The van der Waals surface area contributed by atoms with Crippen LogP contribution >= 0.6 is 11.6 Å². The summed E-state index contributed by atoms with van der Waals surface area (Å²) in [5.74, 6) is 1.57. The van der Waals surface area contributed by atoms with Gasteiger partial charge in [0.2, 0.25) is 0 Å². The molecule has 0 radical (unpaired) electrons. The maximum Gasteiger partial charge on any atom is 0.136 e. The molecule has 1 aromatic heterocycles. The minimum absolute atomic E-state index is 0.140. The topological polar surface area (TPSA) is 35.0 Å². The first-order chi connectivity index (χ1) is 9.32. The number of rotatable bonds is 2. The number of benzene rings is 1. The Morgan fingerprint density at radius 2 is 1.65 bits per heavy atom. The third-order valence-corrected chi connectivity index (χ3v) is 3.49. The number of nitrogens with zero attached hydrogens (tertiary/aromatic N) is 2. The molecule has 0 amide bonds. The molecule has 106 valence electrons. The number of aromatic nitrogens is 2. The number of methoxy groups -OCH3 is 1. The van der Waals surface area contributed by atoms with Crippen LogP contribution in [0.3, 0.4) is 0 Å². The molecule has 0 saturated carbocycles. The molecule has 4 heteroatoms. The Hall–Kier alpha value is -1.61. The van der Waals surface area contributed by atoms with Crippen LogP contribution in [0.1, 0.15) is 32.2 Å². The third-order valence-electron chi connectivity index (χ3n) is 3.12. The maximum absolute atomic E-state index is 6.26. The second kappa shape index (κ2) is 5.41. The van der Waals surface area contributed by atoms with Crippen molar-refractivity contribution in [3.8, 4) is 17.0 Å². The summed E-state index contributed by atoms with van der Waals surface area (Å²) >= 11 is 6.26. The van der Waals surface area contributed by atoms with Crippen LogP contribution in [0.15, 0.2) is 24.3 Å². The van der Waals surface area contributed by atoms with Crippen molar-refractivity contribution in [2.75, 3.05) is 7.11 Å². The largest absolute Gasteiger partial charge is 0.497 e. The fourth-order valence-corrected chi connectivity index (χ4v) is 2.02. The Morgan fingerprint density at radius 3 is 2.15 bits per heavy atom. The van der Waals surface area contributed by atoms with Gasteiger partial charge in [0.05, 0.1) is 12.8 Å². The summed E-state index contributed by atoms with van der Waals surface area (Å²) in [4.78, 5) is 9.09. The Bertz CT molecular complexity index is 616. The number of hydrogen-bond donors (Lipinski definition) is 0. The van der Waals surface area contributed by atoms with Crippen molar-refractivity contribution in [1.29, 1.82) is 0 Å². The minimum atomic E-state index is -0.140. The molecular formula is C16H19ClN2O. The highest BCUT2D eigenvalue weighted by atomic mass is 35.5. The van der Waals surface area contributed by atoms with E-state index in [4.69, 9.17) is 21.3 Å². The van der Waals surface area contributed by atoms with Crippen LogP contribution in [-0.2, 0) is 5.41 Å². The number of ether oxygens (including phenoxy) is 1. The smallest absolute Gasteiger partial charge is 0.136 e. The second-order valence-electron chi connectivity index (χ2n) is 5.79. The van der Waals surface area contributed by atoms with E-state index < -0.39 is 0 Å². The first-order valence-corrected chi connectivity index (χ1v) is 6.90. The first kappa shape index (κ1) is 14.8. The molecule has 20 heavy (non-hydrogen) atoms. The SMILES string of the molecule is COc1ccc(-c2nc(C(C)(C)C)nc(Cl)c2C)cc1. The zero-order valence-electron chi connectivity index (χ0n) is 12.5. The summed E-state index contributed by atoms with van der Waals surface area (Å²) in [6, 6.07) is 7.80. The fourth-order valence-electron chi connectivity index (χ4n) is 1.85. The van der Waals surface area contributed by atoms with Gasteiger partial charge in [-0.2, -0.15) is 0 Å². The molecule has 3 nitrogen and oxygen atoms in total. The molecule has 2 aromatic rings. The van der Waals surface area contributed by atoms with Crippen LogP contribution in [0.2, 0.25) is 5.15 Å². The Labute approximate surface area is 125 Å². The lowest BCUT2D eigenvalue weighted by Crippen LogP contribution is -2.17. The van der Waals surface area contributed by atoms with Crippen LogP contribution < -0.4 is 4.74 Å². The van der Waals surface area contributed by atoms with Gasteiger partial charge >= 0.3 is 0 Å². The predicted molar refractivity (Wildman–Crippen MR) is 82.5 cm³/mol. The molecule has 0 spiro atoms. The van der Waals surface area contributed by atoms with Gasteiger partial charge < -0.3 is 4.74 Å². The highest BCUT2D eigenvalue weighted by molar-refractivity contribution is 6.30. The van der Waals surface area contributed by atoms with E-state index in [-0.39, 0.29) is 5.41 Å². The molecule has 0 aliphatic heterocycles. The second-order valence-corrected chi connectivity index (χ2v) is 6.15. The van der Waals surface area contributed by atoms with E-state index in [2.05, 4.69) is 25.8 Å². The van der Waals surface area contributed by atoms with Gasteiger partial charge in [-0.25, -0.2) is 9.97 Å². The average Bonchev–Trinajstić information content (AvgIpc) is 2.40. The summed E-state index contributed by atoms with van der Waals surface area (Å²) < 4.78 is 5.18. The van der Waals surface area contributed by atoms with E-state index in [0.717, 1.165) is 28.4 Å². The quantitative estimate of drug-likeness (QED) is 0.768. The van der Waals surface area contributed by atoms with E-state index in [1.54, 1.807) is 7.11 Å². The average molecular weight is 291 g/mol. The summed E-state index contributed by atoms with van der Waals surface area (Å²) in [7, 11) is 1.65. The van der Waals surface area contributed by atoms with Gasteiger partial charge in [0.25, 0.3) is 0 Å². The van der Waals surface area contributed by atoms with Gasteiger partial charge in [-0.3, -0.25) is 0 Å². The van der Waals surface area contributed by atoms with E-state index in [0.29, 0.717) is 5.15 Å². The number of hydrogen-bond acceptors (Lipinski definition) is 3. The molecule has 0 saturated heterocycles. The monoisotopic (exact) mass is 290 g/mol. The normalized spacial score (nSPS) is 11.5. The van der Waals surface area contributed by atoms with Crippen LogP contribution in [0, 0.1) is 6.92 Å². The summed E-state index contributed by atoms with van der Waals surface area (Å²) in [5, 5.41) is 0.510. The maximum atomic E-state index is 6.26. The zero-order valence-corrected chi connectivity index (χ0v) is 13.2. The molecule has 0 fully saturated rings. The molecule has 0 aliphatic rings. The van der Waals surface area contributed by atoms with Crippen molar-refractivity contribution in [3.63, 3.8) is 0 Å². The van der Waals surface area contributed by atoms with E-state index in [1.165, 1.54) is 0 Å². The third kappa shape index (κ3) is 2.93. The molecule has 0 aliphatic carbocycles. The molecule has 0 atom stereocenters. The van der Waals surface area contributed by atoms with Gasteiger partial charge in [-0.1, -0.05) is 32.4 Å². The van der Waals surface area contributed by atoms with Crippen LogP contribution in [0.5, 0.6) is 5.75 Å². The van der Waals surface area contributed by atoms with Crippen molar-refractivity contribution in [2.24, 2.45) is 0 Å². The summed E-state index contributed by atoms with van der Waals surface area (Å²) in [6.07, 6.45) is 0. The molecular weight excluding hydrogens is 272 g/mol. The molecule has 0 bridgehead atoms. The van der Waals surface area contributed by atoms with Gasteiger partial charge in [-0.05, 0) is 31.2 Å². The van der Waals surface area contributed by atoms with E-state index in [1.807, 2.05) is 31.2 Å². The van der Waals surface area contributed by atoms with Crippen molar-refractivity contribution < 1.29 is 4.74 Å². The molecule has 1 aromatic carbocycles. The minimum Gasteiger partial charge on any atom is -0.497 e. The van der Waals surface area contributed by atoms with E-state index in [9.17, 15) is 0 Å². The molecule has 2 rings (SSSR count). The van der Waals surface area contributed by atoms with Crippen molar-refractivity contribution >= 4 is 11.6 Å². The lowest BCUT2D eigenvalue weighted by Gasteiger charge is -2.19. The lowest BCUT2D eigenvalue weighted by atomic mass is 9.95. The zero-order chi connectivity index (χ0) is 14.9. The van der Waals surface area contributed by atoms with Gasteiger partial charge in [0.15, 0.2) is 0 Å². The standard InChI is InChI=1S/C16H19ClN2O/c1-10-13(11-6-8-12(20-5)9-7-11)18-15(16(2,3)4)19-14(10)17/h6-9H,1-5H3. The molecule has 0 unspecified atom stereocenters. The van der Waals surface area contributed by atoms with Gasteiger partial charge in [-0.15, -0.1) is 0 Å². The summed E-state index contributed by atoms with van der Waals surface area (Å²) in [5.41, 5.74) is 2.64. The van der Waals surface area contributed by atoms with Crippen LogP contribution in [0.4, 0.5) is 0 Å². The van der Waals surface area contributed by atoms with Crippen molar-refractivity contribution in [1.82, 2.24) is 9.97 Å². The van der Waals surface area contributed by atoms with Gasteiger partial charge in [0.1, 0.15) is 16.7 Å². The van der Waals surface area contributed by atoms with Crippen molar-refractivity contribution in [2.45, 2.75) is 33.1 Å². The van der Waals surface area contributed by atoms with Crippen molar-refractivity contribution in [3.05, 3.63) is 40.8 Å². The summed E-state index contributed by atoms with van der Waals surface area (Å²) in [6.45, 7) is 8.16. The fraction of sp³-hybridized carbons (Fsp3) is 0.375. The van der Waals surface area contributed by atoms with Crippen LogP contribution in [0.25, 0.3) is 11.3 Å². The first-order valence-electron chi connectivity index (χ1n) is 6.52. The number of halogens is 1. The Kier molecular flexibility index (Phi) is 4.00. The van der Waals surface area contributed by atoms with Gasteiger partial charge in [0, 0.05) is 16.5 Å². The van der Waals surface area contributed by atoms with Crippen LogP contribution in [-0.4, -0.2) is 17.1 Å². The van der Waals surface area contributed by atoms with E-state index >= 15 is 0 Å². The highest BCUT2D eigenvalue weighted by Crippen LogP contribution is 2.30. The lowest BCUT2D eigenvalue weighted by molar-refractivity contribution is 0.415. The predicted octanol–water partition coefficient (Wildman–Crippen LogP) is 4.41. The Morgan fingerprint density at radius 1 is 1.05 bits per heavy atom. The Balaban J connectivity index is 2.57.